The Bertz CT molecular complexity index is 87.1. The predicted octanol–water partition coefficient (Wildman–Crippen LogP) is -0.251. The Hall–Kier alpha value is -0.120. The molecule has 0 aromatic rings. The van der Waals surface area contributed by atoms with Crippen molar-refractivity contribution in [2.24, 2.45) is 5.73 Å². The van der Waals surface area contributed by atoms with E-state index in [1.807, 2.05) is 0 Å². The van der Waals surface area contributed by atoms with Crippen molar-refractivity contribution in [3.05, 3.63) is 0 Å². The average Bonchev–Trinajstić information content (AvgIpc) is 1.89. The van der Waals surface area contributed by atoms with Crippen molar-refractivity contribution >= 4 is 0 Å². The number of methoxy groups -OCH3 is 1. The largest absolute Gasteiger partial charge is 0.379 e. The molecule has 0 bridgehead atoms. The topological polar surface area (TPSA) is 44.5 Å². The van der Waals surface area contributed by atoms with E-state index in [9.17, 15) is 0 Å². The van der Waals surface area contributed by atoms with Crippen LogP contribution in [0.5, 0.6) is 0 Å². The van der Waals surface area contributed by atoms with Crippen LogP contribution in [0.2, 0.25) is 0 Å². The molecule has 3 heteroatoms. The zero-order valence-corrected chi connectivity index (χ0v) is 5.67. The summed E-state index contributed by atoms with van der Waals surface area (Å²) >= 11 is 0. The Labute approximate surface area is 55.1 Å². The van der Waals surface area contributed by atoms with Crippen LogP contribution in [0.4, 0.5) is 0 Å². The maximum Gasteiger partial charge on any atom is 0.0955 e. The van der Waals surface area contributed by atoms with Crippen LogP contribution in [0, 0.1) is 0 Å². The van der Waals surface area contributed by atoms with Gasteiger partial charge in [-0.05, 0) is 6.42 Å². The van der Waals surface area contributed by atoms with E-state index in [2.05, 4.69) is 0 Å². The van der Waals surface area contributed by atoms with Gasteiger partial charge in [-0.25, -0.2) is 0 Å². The smallest absolute Gasteiger partial charge is 0.0955 e. The summed E-state index contributed by atoms with van der Waals surface area (Å²) in [6.45, 7) is 1.43. The van der Waals surface area contributed by atoms with Gasteiger partial charge < -0.3 is 15.2 Å². The third-order valence-corrected chi connectivity index (χ3v) is 1.66. The van der Waals surface area contributed by atoms with E-state index in [0.717, 1.165) is 13.0 Å². The highest BCUT2D eigenvalue weighted by Crippen LogP contribution is 2.07. The van der Waals surface area contributed by atoms with Crippen molar-refractivity contribution in [2.75, 3.05) is 20.3 Å². The third kappa shape index (κ3) is 1.64. The van der Waals surface area contributed by atoms with E-state index in [0.29, 0.717) is 6.61 Å². The Balaban J connectivity index is 2.30. The van der Waals surface area contributed by atoms with Crippen LogP contribution in [0.1, 0.15) is 6.42 Å². The maximum absolute atomic E-state index is 5.68. The lowest BCUT2D eigenvalue weighted by Crippen LogP contribution is -2.43. The molecule has 1 aliphatic heterocycles. The second-order valence-electron chi connectivity index (χ2n) is 2.30. The van der Waals surface area contributed by atoms with Crippen LogP contribution in [0.25, 0.3) is 0 Å². The van der Waals surface area contributed by atoms with Gasteiger partial charge in [-0.15, -0.1) is 0 Å². The first-order chi connectivity index (χ1) is 4.34. The minimum absolute atomic E-state index is 0.110. The van der Waals surface area contributed by atoms with Gasteiger partial charge in [-0.3, -0.25) is 0 Å². The molecule has 3 nitrogen and oxygen atoms in total. The van der Waals surface area contributed by atoms with Crippen molar-refractivity contribution in [1.29, 1.82) is 0 Å². The predicted molar refractivity (Wildman–Crippen MR) is 34.2 cm³/mol. The summed E-state index contributed by atoms with van der Waals surface area (Å²) in [4.78, 5) is 0. The molecule has 2 N–H and O–H groups in total. The van der Waals surface area contributed by atoms with E-state index in [4.69, 9.17) is 15.2 Å². The summed E-state index contributed by atoms with van der Waals surface area (Å²) in [5.74, 6) is 0. The summed E-state index contributed by atoms with van der Waals surface area (Å²) in [5.41, 5.74) is 5.68. The van der Waals surface area contributed by atoms with Crippen molar-refractivity contribution in [3.63, 3.8) is 0 Å². The Morgan fingerprint density at radius 1 is 1.67 bits per heavy atom. The number of ether oxygens (including phenoxy) is 2. The van der Waals surface area contributed by atoms with Crippen LogP contribution >= 0.6 is 0 Å². The molecule has 1 aliphatic rings. The summed E-state index contributed by atoms with van der Waals surface area (Å²) in [6.07, 6.45) is 1.03. The standard InChI is InChI=1S/C6H13NO2/c1-8-6-4-9-3-2-5(6)7/h5-6H,2-4,7H2,1H3/t5-,6?/m1/s1. The van der Waals surface area contributed by atoms with Gasteiger partial charge in [0.1, 0.15) is 0 Å². The molecule has 1 rings (SSSR count). The second-order valence-corrected chi connectivity index (χ2v) is 2.30. The zero-order chi connectivity index (χ0) is 6.69. The van der Waals surface area contributed by atoms with Crippen LogP contribution in [0.15, 0.2) is 0 Å². The molecule has 1 fully saturated rings. The summed E-state index contributed by atoms with van der Waals surface area (Å²) in [6, 6.07) is 0.170. The maximum atomic E-state index is 5.68. The van der Waals surface area contributed by atoms with Crippen LogP contribution in [-0.2, 0) is 9.47 Å². The minimum atomic E-state index is 0.110. The fourth-order valence-corrected chi connectivity index (χ4v) is 0.971. The first-order valence-corrected chi connectivity index (χ1v) is 3.20. The molecule has 0 aromatic heterocycles. The zero-order valence-electron chi connectivity index (χ0n) is 5.67. The normalized spacial score (nSPS) is 36.7. The van der Waals surface area contributed by atoms with E-state index < -0.39 is 0 Å². The number of nitrogens with two attached hydrogens (primary N) is 1. The molecule has 2 atom stereocenters. The SMILES string of the molecule is COC1COCC[C@H]1N. The molecule has 0 aromatic carbocycles. The Morgan fingerprint density at radius 3 is 2.89 bits per heavy atom. The Morgan fingerprint density at radius 2 is 2.44 bits per heavy atom. The van der Waals surface area contributed by atoms with E-state index in [1.165, 1.54) is 0 Å². The van der Waals surface area contributed by atoms with Gasteiger partial charge in [0.25, 0.3) is 0 Å². The van der Waals surface area contributed by atoms with Gasteiger partial charge in [-0.1, -0.05) is 0 Å². The van der Waals surface area contributed by atoms with Gasteiger partial charge in [0.15, 0.2) is 0 Å². The van der Waals surface area contributed by atoms with Crippen LogP contribution in [-0.4, -0.2) is 32.5 Å². The highest BCUT2D eigenvalue weighted by Gasteiger charge is 2.21. The monoisotopic (exact) mass is 131 g/mol. The average molecular weight is 131 g/mol. The van der Waals surface area contributed by atoms with Crippen molar-refractivity contribution < 1.29 is 9.47 Å². The lowest BCUT2D eigenvalue weighted by atomic mass is 10.1. The van der Waals surface area contributed by atoms with Gasteiger partial charge in [-0.2, -0.15) is 0 Å². The van der Waals surface area contributed by atoms with E-state index >= 15 is 0 Å². The molecule has 0 radical (unpaired) electrons. The lowest BCUT2D eigenvalue weighted by Gasteiger charge is -2.26. The first kappa shape index (κ1) is 6.99. The first-order valence-electron chi connectivity index (χ1n) is 3.20. The lowest BCUT2D eigenvalue weighted by molar-refractivity contribution is -0.0411. The van der Waals surface area contributed by atoms with Crippen LogP contribution in [0.3, 0.4) is 0 Å². The molecular weight excluding hydrogens is 118 g/mol. The summed E-state index contributed by atoms with van der Waals surface area (Å²) in [5, 5.41) is 0. The van der Waals surface area contributed by atoms with Gasteiger partial charge in [0.2, 0.25) is 0 Å². The molecule has 0 aliphatic carbocycles. The molecule has 0 amide bonds. The molecular formula is C6H13NO2. The molecule has 54 valence electrons. The fraction of sp³-hybridized carbons (Fsp3) is 1.00. The van der Waals surface area contributed by atoms with Crippen molar-refractivity contribution in [1.82, 2.24) is 0 Å². The number of rotatable bonds is 1. The van der Waals surface area contributed by atoms with Gasteiger partial charge in [0.05, 0.1) is 12.7 Å². The van der Waals surface area contributed by atoms with Gasteiger partial charge >= 0.3 is 0 Å². The van der Waals surface area contributed by atoms with E-state index in [1.54, 1.807) is 7.11 Å². The second kappa shape index (κ2) is 3.15. The summed E-state index contributed by atoms with van der Waals surface area (Å²) < 4.78 is 10.2. The number of hydrogen-bond acceptors (Lipinski definition) is 3. The highest BCUT2D eigenvalue weighted by molar-refractivity contribution is 4.75. The third-order valence-electron chi connectivity index (χ3n) is 1.66. The van der Waals surface area contributed by atoms with Gasteiger partial charge in [0, 0.05) is 19.8 Å². The van der Waals surface area contributed by atoms with Crippen molar-refractivity contribution in [3.8, 4) is 0 Å². The quantitative estimate of drug-likeness (QED) is 0.533. The molecule has 0 spiro atoms. The molecule has 9 heavy (non-hydrogen) atoms. The molecule has 0 saturated carbocycles. The molecule has 1 unspecified atom stereocenters. The highest BCUT2D eigenvalue weighted by atomic mass is 16.5. The fourth-order valence-electron chi connectivity index (χ4n) is 0.971. The molecule has 1 saturated heterocycles. The molecule has 1 heterocycles. The Kier molecular flexibility index (Phi) is 2.45. The summed E-state index contributed by atoms with van der Waals surface area (Å²) in [7, 11) is 1.67. The number of hydrogen-bond donors (Lipinski definition) is 1. The van der Waals surface area contributed by atoms with Crippen molar-refractivity contribution in [2.45, 2.75) is 18.6 Å². The van der Waals surface area contributed by atoms with Crippen LogP contribution < -0.4 is 5.73 Å². The minimum Gasteiger partial charge on any atom is -0.379 e. The van der Waals surface area contributed by atoms with E-state index in [-0.39, 0.29) is 12.1 Å².